The predicted molar refractivity (Wildman–Crippen MR) is 66.0 cm³/mol. The van der Waals surface area contributed by atoms with Gasteiger partial charge in [-0.15, -0.1) is 0 Å². The summed E-state index contributed by atoms with van der Waals surface area (Å²) in [4.78, 5) is 11.4. The normalized spacial score (nSPS) is 8.94. The van der Waals surface area contributed by atoms with Crippen LogP contribution in [0.25, 0.3) is 0 Å². The second kappa shape index (κ2) is 8.89. The molecule has 0 spiro atoms. The third-order valence-electron chi connectivity index (χ3n) is 2.04. The van der Waals surface area contributed by atoms with E-state index in [0.29, 0.717) is 0 Å². The van der Waals surface area contributed by atoms with Gasteiger partial charge in [0.25, 0.3) is 0 Å². The van der Waals surface area contributed by atoms with Gasteiger partial charge in [-0.25, -0.2) is 4.79 Å². The zero-order chi connectivity index (χ0) is 12.1. The predicted octanol–water partition coefficient (Wildman–Crippen LogP) is 0.555. The molecule has 5 N–H and O–H groups in total. The van der Waals surface area contributed by atoms with Gasteiger partial charge in [0.1, 0.15) is 0 Å². The molecule has 0 aliphatic carbocycles. The van der Waals surface area contributed by atoms with E-state index in [9.17, 15) is 15.0 Å². The fourth-order valence-corrected chi connectivity index (χ4v) is 1.11. The quantitative estimate of drug-likeness (QED) is 0.311. The summed E-state index contributed by atoms with van der Waals surface area (Å²) in [7, 11) is 0. The van der Waals surface area contributed by atoms with Crippen LogP contribution in [0, 0.1) is 0 Å². The van der Waals surface area contributed by atoms with Crippen LogP contribution in [0.15, 0.2) is 12.1 Å². The number of hydrogen-bond acceptors (Lipinski definition) is 5. The van der Waals surface area contributed by atoms with E-state index >= 15 is 0 Å². The van der Waals surface area contributed by atoms with Crippen LogP contribution in [-0.2, 0) is 4.74 Å². The summed E-state index contributed by atoms with van der Waals surface area (Å²) in [5.74, 6) is -2.39. The van der Waals surface area contributed by atoms with E-state index in [4.69, 9.17) is 9.84 Å². The van der Waals surface area contributed by atoms with Gasteiger partial charge in [-0.05, 0) is 18.6 Å². The number of ether oxygens (including phenoxy) is 1. The van der Waals surface area contributed by atoms with Crippen LogP contribution in [0.4, 0.5) is 0 Å². The maximum Gasteiger partial charge on any atom is 0.338 e. The Morgan fingerprint density at radius 2 is 1.72 bits per heavy atom. The molecule has 6 nitrogen and oxygen atoms in total. The molecular weight excluding hydrogens is 350 g/mol. The van der Waals surface area contributed by atoms with Gasteiger partial charge in [0.2, 0.25) is 0 Å². The molecule has 0 aliphatic rings. The van der Waals surface area contributed by atoms with E-state index in [1.54, 1.807) is 0 Å². The number of aromatic hydroxyl groups is 3. The molecule has 0 saturated heterocycles. The van der Waals surface area contributed by atoms with Crippen LogP contribution < -0.4 is 0 Å². The van der Waals surface area contributed by atoms with Crippen LogP contribution in [-0.4, -0.2) is 57.8 Å². The molecule has 7 heteroatoms. The van der Waals surface area contributed by atoms with Crippen molar-refractivity contribution < 1.29 is 30.3 Å². The van der Waals surface area contributed by atoms with Crippen molar-refractivity contribution in [2.24, 2.45) is 0 Å². The average molecular weight is 366 g/mol. The number of carbonyl (C=O) groups is 1. The molecule has 1 rings (SSSR count). The largest absolute Gasteiger partial charge is 0.504 e. The summed E-state index contributed by atoms with van der Waals surface area (Å²) in [6.07, 6.45) is 1.65. The average Bonchev–Trinajstić information content (AvgIpc) is 2.25. The van der Waals surface area contributed by atoms with E-state index in [0.717, 1.165) is 25.0 Å². The molecule has 0 heterocycles. The summed E-state index contributed by atoms with van der Waals surface area (Å²) >= 11 is 0. The van der Waals surface area contributed by atoms with Gasteiger partial charge in [-0.3, -0.25) is 0 Å². The molecule has 0 amide bonds. The van der Waals surface area contributed by atoms with Crippen molar-refractivity contribution in [2.45, 2.75) is 19.8 Å². The van der Waals surface area contributed by atoms with Crippen molar-refractivity contribution in [3.63, 3.8) is 0 Å². The van der Waals surface area contributed by atoms with Crippen LogP contribution in [0.1, 0.15) is 30.1 Å². The Labute approximate surface area is 122 Å². The Bertz CT molecular complexity index is 370. The van der Waals surface area contributed by atoms with Gasteiger partial charge in [-0.1, -0.05) is 13.3 Å². The van der Waals surface area contributed by atoms with Gasteiger partial charge in [0, 0.05) is 24.4 Å². The number of carbonyl (C=O) groups excluding carboxylic acids is 1. The molecule has 0 aliphatic heterocycles. The van der Waals surface area contributed by atoms with Crippen molar-refractivity contribution in [1.29, 1.82) is 0 Å². The second-order valence-corrected chi connectivity index (χ2v) is 3.35. The van der Waals surface area contributed by atoms with Crippen molar-refractivity contribution in [2.75, 3.05) is 6.61 Å². The Hall–Kier alpha value is -1.13. The number of phenols is 3. The number of phenolic OH excluding ortho intramolecular Hbond substituents is 3. The fraction of sp³-hybridized carbons (Fsp3) is 0.364. The first-order valence-corrected chi connectivity index (χ1v) is 4.98. The Morgan fingerprint density at radius 3 is 2.17 bits per heavy atom. The second-order valence-electron chi connectivity index (χ2n) is 3.35. The van der Waals surface area contributed by atoms with Crippen LogP contribution in [0.5, 0.6) is 17.2 Å². The SMILES string of the molecule is CCCCOC(=O)c1cc(O)c(O)c(O)c1.O.[Sb]. The molecule has 0 fully saturated rings. The number of benzene rings is 1. The summed E-state index contributed by atoms with van der Waals surface area (Å²) in [6, 6.07) is 2.09. The zero-order valence-corrected chi connectivity index (χ0v) is 12.4. The van der Waals surface area contributed by atoms with Gasteiger partial charge in [0.15, 0.2) is 17.2 Å². The smallest absolute Gasteiger partial charge is 0.338 e. The van der Waals surface area contributed by atoms with Crippen LogP contribution >= 0.6 is 0 Å². The third kappa shape index (κ3) is 5.02. The molecule has 0 atom stereocenters. The van der Waals surface area contributed by atoms with E-state index < -0.39 is 23.2 Å². The number of rotatable bonds is 4. The van der Waals surface area contributed by atoms with Gasteiger partial charge < -0.3 is 25.5 Å². The standard InChI is InChI=1S/C11H14O5.H2O.Sb/c1-2-3-4-16-11(15)7-5-8(12)10(14)9(13)6-7;;/h5-6,12-14H,2-4H2,1H3;1H2;. The minimum Gasteiger partial charge on any atom is -0.504 e. The van der Waals surface area contributed by atoms with E-state index in [-0.39, 0.29) is 42.1 Å². The Kier molecular flexibility index (Phi) is 9.49. The molecule has 1 aromatic carbocycles. The topological polar surface area (TPSA) is 118 Å². The van der Waals surface area contributed by atoms with Gasteiger partial charge in [0.05, 0.1) is 12.2 Å². The Balaban J connectivity index is 0. The maximum absolute atomic E-state index is 11.4. The van der Waals surface area contributed by atoms with Crippen LogP contribution in [0.3, 0.4) is 0 Å². The van der Waals surface area contributed by atoms with E-state index in [1.165, 1.54) is 0 Å². The molecule has 101 valence electrons. The van der Waals surface area contributed by atoms with Gasteiger partial charge in [-0.2, -0.15) is 0 Å². The van der Waals surface area contributed by atoms with E-state index in [1.807, 2.05) is 6.92 Å². The molecule has 0 bridgehead atoms. The minimum absolute atomic E-state index is 0. The van der Waals surface area contributed by atoms with Gasteiger partial charge >= 0.3 is 5.97 Å². The molecule has 1 aromatic rings. The molecule has 0 saturated carbocycles. The number of esters is 1. The van der Waals surface area contributed by atoms with Crippen molar-refractivity contribution in [3.05, 3.63) is 17.7 Å². The summed E-state index contributed by atoms with van der Waals surface area (Å²) in [5, 5.41) is 27.4. The molecule has 18 heavy (non-hydrogen) atoms. The van der Waals surface area contributed by atoms with Crippen molar-refractivity contribution in [1.82, 2.24) is 0 Å². The monoisotopic (exact) mass is 365 g/mol. The summed E-state index contributed by atoms with van der Waals surface area (Å²) in [5.41, 5.74) is 0.00361. The van der Waals surface area contributed by atoms with Crippen molar-refractivity contribution >= 4 is 30.4 Å². The van der Waals surface area contributed by atoms with Crippen LogP contribution in [0.2, 0.25) is 0 Å². The number of unbranched alkanes of at least 4 members (excludes halogenated alkanes) is 1. The fourth-order valence-electron chi connectivity index (χ4n) is 1.11. The summed E-state index contributed by atoms with van der Waals surface area (Å²) in [6.45, 7) is 2.25. The first-order chi connectivity index (χ1) is 7.56. The molecular formula is C11H16O6Sb. The zero-order valence-electron chi connectivity index (χ0n) is 9.88. The first kappa shape index (κ1) is 19.2. The number of hydrogen-bond donors (Lipinski definition) is 3. The first-order valence-electron chi connectivity index (χ1n) is 4.98. The molecule has 3 radical (unpaired) electrons. The van der Waals surface area contributed by atoms with E-state index in [2.05, 4.69) is 0 Å². The summed E-state index contributed by atoms with van der Waals surface area (Å²) < 4.78 is 4.88. The molecule has 0 unspecified atom stereocenters. The maximum atomic E-state index is 11.4. The Morgan fingerprint density at radius 1 is 1.22 bits per heavy atom. The van der Waals surface area contributed by atoms with Crippen molar-refractivity contribution in [3.8, 4) is 17.2 Å². The molecule has 0 aromatic heterocycles. The third-order valence-corrected chi connectivity index (χ3v) is 2.04. The minimum atomic E-state index is -0.648.